The molecule has 16 heavy (non-hydrogen) atoms. The molecule has 1 amide bonds. The molecule has 86 valence electrons. The van der Waals surface area contributed by atoms with Crippen LogP contribution in [0.5, 0.6) is 0 Å². The standard InChI is InChI=1S/C12H17N3O/c1-3-4-5-6-8-13-12(16)11(2)15-10-7-9-14-15/h1,7,9-11H,4-6,8H2,2H3,(H,13,16). The Kier molecular flexibility index (Phi) is 5.13. The van der Waals surface area contributed by atoms with Crippen molar-refractivity contribution in [2.45, 2.75) is 32.2 Å². The maximum atomic E-state index is 11.7. The summed E-state index contributed by atoms with van der Waals surface area (Å²) >= 11 is 0. The lowest BCUT2D eigenvalue weighted by Crippen LogP contribution is -2.31. The van der Waals surface area contributed by atoms with Gasteiger partial charge in [0.15, 0.2) is 0 Å². The van der Waals surface area contributed by atoms with Crippen LogP contribution in [0.4, 0.5) is 0 Å². The van der Waals surface area contributed by atoms with Crippen LogP contribution in [-0.2, 0) is 4.79 Å². The van der Waals surface area contributed by atoms with Gasteiger partial charge in [0, 0.05) is 25.4 Å². The number of unbranched alkanes of at least 4 members (excludes halogenated alkanes) is 2. The first-order chi connectivity index (χ1) is 7.75. The molecule has 0 fully saturated rings. The molecule has 0 aromatic carbocycles. The summed E-state index contributed by atoms with van der Waals surface area (Å²) in [6.07, 6.45) is 11.2. The largest absolute Gasteiger partial charge is 0.354 e. The molecule has 1 N–H and O–H groups in total. The number of hydrogen-bond acceptors (Lipinski definition) is 2. The van der Waals surface area contributed by atoms with Gasteiger partial charge in [-0.05, 0) is 25.8 Å². The van der Waals surface area contributed by atoms with Crippen LogP contribution in [0.25, 0.3) is 0 Å². The number of aromatic nitrogens is 2. The second-order valence-corrected chi connectivity index (χ2v) is 3.61. The summed E-state index contributed by atoms with van der Waals surface area (Å²) in [6, 6.07) is 1.54. The Hall–Kier alpha value is -1.76. The first-order valence-corrected chi connectivity index (χ1v) is 5.46. The highest BCUT2D eigenvalue weighted by Crippen LogP contribution is 2.02. The van der Waals surface area contributed by atoms with Crippen LogP contribution >= 0.6 is 0 Å². The van der Waals surface area contributed by atoms with Crippen molar-refractivity contribution in [2.75, 3.05) is 6.54 Å². The quantitative estimate of drug-likeness (QED) is 0.580. The first-order valence-electron chi connectivity index (χ1n) is 5.46. The van der Waals surface area contributed by atoms with Crippen LogP contribution in [0, 0.1) is 12.3 Å². The zero-order valence-corrected chi connectivity index (χ0v) is 9.52. The molecule has 0 bridgehead atoms. The molecule has 4 heteroatoms. The van der Waals surface area contributed by atoms with Gasteiger partial charge in [-0.3, -0.25) is 9.48 Å². The Bertz CT molecular complexity index is 351. The SMILES string of the molecule is C#CCCCCNC(=O)C(C)n1cccn1. The van der Waals surface area contributed by atoms with E-state index >= 15 is 0 Å². The molecule has 4 nitrogen and oxygen atoms in total. The molecular weight excluding hydrogens is 202 g/mol. The van der Waals surface area contributed by atoms with Crippen LogP contribution in [0.1, 0.15) is 32.2 Å². The van der Waals surface area contributed by atoms with Gasteiger partial charge in [-0.1, -0.05) is 0 Å². The van der Waals surface area contributed by atoms with E-state index in [4.69, 9.17) is 6.42 Å². The summed E-state index contributed by atoms with van der Waals surface area (Å²) in [5.41, 5.74) is 0. The monoisotopic (exact) mass is 219 g/mol. The molecule has 1 unspecified atom stereocenters. The minimum atomic E-state index is -0.261. The summed E-state index contributed by atoms with van der Waals surface area (Å²) in [5, 5.41) is 6.89. The number of nitrogens with one attached hydrogen (secondary N) is 1. The van der Waals surface area contributed by atoms with Crippen molar-refractivity contribution in [3.63, 3.8) is 0 Å². The fourth-order valence-electron chi connectivity index (χ4n) is 1.34. The van der Waals surface area contributed by atoms with E-state index in [1.807, 2.05) is 6.92 Å². The Balaban J connectivity index is 2.23. The van der Waals surface area contributed by atoms with Gasteiger partial charge < -0.3 is 5.32 Å². The highest BCUT2D eigenvalue weighted by atomic mass is 16.2. The van der Waals surface area contributed by atoms with Crippen LogP contribution in [0.15, 0.2) is 18.5 Å². The highest BCUT2D eigenvalue weighted by molar-refractivity contribution is 5.79. The normalized spacial score (nSPS) is 11.8. The number of terminal acetylenes is 1. The van der Waals surface area contributed by atoms with Crippen LogP contribution in [0.3, 0.4) is 0 Å². The number of amides is 1. The maximum Gasteiger partial charge on any atom is 0.244 e. The molecule has 1 aromatic heterocycles. The molecule has 0 aliphatic heterocycles. The summed E-state index contributed by atoms with van der Waals surface area (Å²) in [5.74, 6) is 2.56. The van der Waals surface area contributed by atoms with E-state index in [1.165, 1.54) is 0 Å². The Morgan fingerprint density at radius 3 is 3.06 bits per heavy atom. The average Bonchev–Trinajstić information content (AvgIpc) is 2.81. The van der Waals surface area contributed by atoms with Crippen LogP contribution < -0.4 is 5.32 Å². The van der Waals surface area contributed by atoms with Crippen molar-refractivity contribution >= 4 is 5.91 Å². The van der Waals surface area contributed by atoms with Gasteiger partial charge in [0.25, 0.3) is 0 Å². The van der Waals surface area contributed by atoms with Gasteiger partial charge in [0.2, 0.25) is 5.91 Å². The molecule has 1 atom stereocenters. The van der Waals surface area contributed by atoms with Gasteiger partial charge in [-0.15, -0.1) is 12.3 Å². The van der Waals surface area contributed by atoms with E-state index in [9.17, 15) is 4.79 Å². The summed E-state index contributed by atoms with van der Waals surface area (Å²) in [4.78, 5) is 11.7. The second kappa shape index (κ2) is 6.67. The van der Waals surface area contributed by atoms with Crippen molar-refractivity contribution < 1.29 is 4.79 Å². The molecule has 0 spiro atoms. The van der Waals surface area contributed by atoms with E-state index in [1.54, 1.807) is 23.1 Å². The van der Waals surface area contributed by atoms with Crippen LogP contribution in [0.2, 0.25) is 0 Å². The lowest BCUT2D eigenvalue weighted by atomic mass is 10.2. The van der Waals surface area contributed by atoms with E-state index < -0.39 is 0 Å². The molecule has 0 saturated heterocycles. The molecule has 0 aliphatic rings. The first kappa shape index (κ1) is 12.3. The molecule has 0 radical (unpaired) electrons. The van der Waals surface area contributed by atoms with Gasteiger partial charge in [-0.2, -0.15) is 5.10 Å². The predicted octanol–water partition coefficient (Wildman–Crippen LogP) is 1.36. The Labute approximate surface area is 96.0 Å². The Morgan fingerprint density at radius 2 is 2.44 bits per heavy atom. The summed E-state index contributed by atoms with van der Waals surface area (Å²) in [7, 11) is 0. The molecule has 1 rings (SSSR count). The number of carbonyl (C=O) groups excluding carboxylic acids is 1. The van der Waals surface area contributed by atoms with Gasteiger partial charge in [-0.25, -0.2) is 0 Å². The smallest absolute Gasteiger partial charge is 0.244 e. The third-order valence-electron chi connectivity index (χ3n) is 2.35. The van der Waals surface area contributed by atoms with E-state index in [2.05, 4.69) is 16.3 Å². The number of nitrogens with zero attached hydrogens (tertiary/aromatic N) is 2. The van der Waals surface area contributed by atoms with E-state index in [-0.39, 0.29) is 11.9 Å². The van der Waals surface area contributed by atoms with Gasteiger partial charge in [0.05, 0.1) is 0 Å². The number of rotatable bonds is 6. The molecule has 1 heterocycles. The van der Waals surface area contributed by atoms with Gasteiger partial charge >= 0.3 is 0 Å². The minimum absolute atomic E-state index is 0.00981. The topological polar surface area (TPSA) is 46.9 Å². The van der Waals surface area contributed by atoms with E-state index in [0.717, 1.165) is 19.3 Å². The van der Waals surface area contributed by atoms with Gasteiger partial charge in [0.1, 0.15) is 6.04 Å². The van der Waals surface area contributed by atoms with Crippen molar-refractivity contribution in [2.24, 2.45) is 0 Å². The van der Waals surface area contributed by atoms with E-state index in [0.29, 0.717) is 6.54 Å². The zero-order chi connectivity index (χ0) is 11.8. The molecule has 0 aliphatic carbocycles. The zero-order valence-electron chi connectivity index (χ0n) is 9.52. The summed E-state index contributed by atoms with van der Waals surface area (Å²) in [6.45, 7) is 2.50. The molecular formula is C12H17N3O. The Morgan fingerprint density at radius 1 is 1.62 bits per heavy atom. The predicted molar refractivity (Wildman–Crippen MR) is 62.6 cm³/mol. The molecule has 1 aromatic rings. The average molecular weight is 219 g/mol. The third-order valence-corrected chi connectivity index (χ3v) is 2.35. The van der Waals surface area contributed by atoms with Crippen molar-refractivity contribution in [1.82, 2.24) is 15.1 Å². The molecule has 0 saturated carbocycles. The van der Waals surface area contributed by atoms with Crippen molar-refractivity contribution in [3.8, 4) is 12.3 Å². The number of hydrogen-bond donors (Lipinski definition) is 1. The lowest BCUT2D eigenvalue weighted by molar-refractivity contribution is -0.124. The maximum absolute atomic E-state index is 11.7. The minimum Gasteiger partial charge on any atom is -0.354 e. The lowest BCUT2D eigenvalue weighted by Gasteiger charge is -2.12. The van der Waals surface area contributed by atoms with Crippen LogP contribution in [-0.4, -0.2) is 22.2 Å². The fraction of sp³-hybridized carbons (Fsp3) is 0.500. The third kappa shape index (κ3) is 3.77. The van der Waals surface area contributed by atoms with Crippen molar-refractivity contribution in [1.29, 1.82) is 0 Å². The number of carbonyl (C=O) groups is 1. The summed E-state index contributed by atoms with van der Waals surface area (Å²) < 4.78 is 1.64. The van der Waals surface area contributed by atoms with Crippen molar-refractivity contribution in [3.05, 3.63) is 18.5 Å². The second-order valence-electron chi connectivity index (χ2n) is 3.61. The highest BCUT2D eigenvalue weighted by Gasteiger charge is 2.13. The fourth-order valence-corrected chi connectivity index (χ4v) is 1.34.